The standard InChI is InChI=1S/C15H23NO3/c1-3-19-13-5-4-12(10-14(13)17-2)15(16)11-6-8-18-9-7-11/h4-5,10-11,15H,3,6-9,16H2,1-2H3/t15-/m1/s1. The molecule has 2 N–H and O–H groups in total. The number of ether oxygens (including phenoxy) is 3. The quantitative estimate of drug-likeness (QED) is 0.889. The minimum atomic E-state index is 0.0356. The normalized spacial score (nSPS) is 18.1. The second kappa shape index (κ2) is 6.78. The molecule has 1 fully saturated rings. The molecule has 1 heterocycles. The maximum absolute atomic E-state index is 6.37. The van der Waals surface area contributed by atoms with E-state index in [0.717, 1.165) is 43.1 Å². The molecule has 0 amide bonds. The third-order valence-electron chi connectivity index (χ3n) is 3.65. The number of nitrogens with two attached hydrogens (primary N) is 1. The molecule has 0 aromatic heterocycles. The highest BCUT2D eigenvalue weighted by molar-refractivity contribution is 5.44. The fourth-order valence-corrected chi connectivity index (χ4v) is 2.51. The molecule has 4 nitrogen and oxygen atoms in total. The number of hydrogen-bond donors (Lipinski definition) is 1. The SMILES string of the molecule is CCOc1ccc([C@H](N)C2CCOCC2)cc1OC. The molecule has 0 unspecified atom stereocenters. The number of methoxy groups -OCH3 is 1. The number of rotatable bonds is 5. The molecular formula is C15H23NO3. The Bertz CT molecular complexity index is 402. The van der Waals surface area contributed by atoms with Crippen molar-refractivity contribution >= 4 is 0 Å². The lowest BCUT2D eigenvalue weighted by molar-refractivity contribution is 0.0583. The van der Waals surface area contributed by atoms with Gasteiger partial charge in [-0.15, -0.1) is 0 Å². The van der Waals surface area contributed by atoms with Crippen molar-refractivity contribution in [2.75, 3.05) is 26.9 Å². The predicted molar refractivity (Wildman–Crippen MR) is 74.6 cm³/mol. The maximum Gasteiger partial charge on any atom is 0.161 e. The van der Waals surface area contributed by atoms with E-state index in [1.54, 1.807) is 7.11 Å². The van der Waals surface area contributed by atoms with E-state index in [0.29, 0.717) is 12.5 Å². The Morgan fingerprint density at radius 1 is 1.32 bits per heavy atom. The zero-order valence-corrected chi connectivity index (χ0v) is 11.7. The summed E-state index contributed by atoms with van der Waals surface area (Å²) in [5.41, 5.74) is 7.47. The van der Waals surface area contributed by atoms with Crippen molar-refractivity contribution in [1.29, 1.82) is 0 Å². The Hall–Kier alpha value is -1.26. The molecule has 1 aliphatic heterocycles. The van der Waals surface area contributed by atoms with Crippen LogP contribution < -0.4 is 15.2 Å². The second-order valence-corrected chi connectivity index (χ2v) is 4.82. The second-order valence-electron chi connectivity index (χ2n) is 4.82. The summed E-state index contributed by atoms with van der Waals surface area (Å²) in [7, 11) is 1.65. The van der Waals surface area contributed by atoms with Crippen LogP contribution in [0.4, 0.5) is 0 Å². The van der Waals surface area contributed by atoms with Crippen LogP contribution >= 0.6 is 0 Å². The fraction of sp³-hybridized carbons (Fsp3) is 0.600. The molecule has 2 rings (SSSR count). The average Bonchev–Trinajstić information content (AvgIpc) is 2.48. The molecule has 1 aliphatic rings. The van der Waals surface area contributed by atoms with Gasteiger partial charge in [0.15, 0.2) is 11.5 Å². The molecule has 1 atom stereocenters. The number of hydrogen-bond acceptors (Lipinski definition) is 4. The van der Waals surface area contributed by atoms with Gasteiger partial charge in [-0.25, -0.2) is 0 Å². The van der Waals surface area contributed by atoms with E-state index in [4.69, 9.17) is 19.9 Å². The van der Waals surface area contributed by atoms with Gasteiger partial charge < -0.3 is 19.9 Å². The third kappa shape index (κ3) is 3.39. The molecule has 19 heavy (non-hydrogen) atoms. The van der Waals surface area contributed by atoms with E-state index in [9.17, 15) is 0 Å². The maximum atomic E-state index is 6.37. The summed E-state index contributed by atoms with van der Waals surface area (Å²) in [6.45, 7) is 4.21. The van der Waals surface area contributed by atoms with Crippen LogP contribution in [0.3, 0.4) is 0 Å². The van der Waals surface area contributed by atoms with Gasteiger partial charge in [-0.3, -0.25) is 0 Å². The van der Waals surface area contributed by atoms with Gasteiger partial charge in [0.05, 0.1) is 13.7 Å². The van der Waals surface area contributed by atoms with Gasteiger partial charge in [0, 0.05) is 19.3 Å². The predicted octanol–water partition coefficient (Wildman–Crippen LogP) is 2.52. The largest absolute Gasteiger partial charge is 0.493 e. The van der Waals surface area contributed by atoms with E-state index in [2.05, 4.69) is 0 Å². The summed E-state index contributed by atoms with van der Waals surface area (Å²) in [6.07, 6.45) is 2.05. The highest BCUT2D eigenvalue weighted by Crippen LogP contribution is 2.34. The van der Waals surface area contributed by atoms with Crippen molar-refractivity contribution in [3.63, 3.8) is 0 Å². The van der Waals surface area contributed by atoms with Gasteiger partial charge >= 0.3 is 0 Å². The van der Waals surface area contributed by atoms with Gasteiger partial charge in [0.2, 0.25) is 0 Å². The summed E-state index contributed by atoms with van der Waals surface area (Å²) < 4.78 is 16.3. The lowest BCUT2D eigenvalue weighted by atomic mass is 9.88. The summed E-state index contributed by atoms with van der Waals surface area (Å²) in [6, 6.07) is 6.00. The van der Waals surface area contributed by atoms with Gasteiger partial charge in [-0.05, 0) is 43.4 Å². The topological polar surface area (TPSA) is 53.7 Å². The van der Waals surface area contributed by atoms with Crippen molar-refractivity contribution in [3.8, 4) is 11.5 Å². The molecule has 1 saturated heterocycles. The first-order valence-corrected chi connectivity index (χ1v) is 6.90. The minimum absolute atomic E-state index is 0.0356. The van der Waals surface area contributed by atoms with E-state index >= 15 is 0 Å². The summed E-state index contributed by atoms with van der Waals surface area (Å²) in [5.74, 6) is 2.01. The fourth-order valence-electron chi connectivity index (χ4n) is 2.51. The third-order valence-corrected chi connectivity index (χ3v) is 3.65. The van der Waals surface area contributed by atoms with Crippen molar-refractivity contribution in [2.45, 2.75) is 25.8 Å². The first-order chi connectivity index (χ1) is 9.26. The summed E-state index contributed by atoms with van der Waals surface area (Å²) in [5, 5.41) is 0. The lowest BCUT2D eigenvalue weighted by Crippen LogP contribution is -2.27. The summed E-state index contributed by atoms with van der Waals surface area (Å²) in [4.78, 5) is 0. The molecule has 0 spiro atoms. The molecule has 0 bridgehead atoms. The monoisotopic (exact) mass is 265 g/mol. The van der Waals surface area contributed by atoms with E-state index in [1.807, 2.05) is 25.1 Å². The smallest absolute Gasteiger partial charge is 0.161 e. The van der Waals surface area contributed by atoms with E-state index < -0.39 is 0 Å². The van der Waals surface area contributed by atoms with Crippen LogP contribution in [0.25, 0.3) is 0 Å². The van der Waals surface area contributed by atoms with Crippen LogP contribution in [-0.4, -0.2) is 26.9 Å². The van der Waals surface area contributed by atoms with Crippen molar-refractivity contribution in [1.82, 2.24) is 0 Å². The van der Waals surface area contributed by atoms with Crippen molar-refractivity contribution in [2.24, 2.45) is 11.7 Å². The Labute approximate surface area is 114 Å². The lowest BCUT2D eigenvalue weighted by Gasteiger charge is -2.28. The Morgan fingerprint density at radius 2 is 2.05 bits per heavy atom. The van der Waals surface area contributed by atoms with Gasteiger partial charge in [-0.2, -0.15) is 0 Å². The highest BCUT2D eigenvalue weighted by atomic mass is 16.5. The van der Waals surface area contributed by atoms with Crippen LogP contribution in [0.15, 0.2) is 18.2 Å². The molecule has 1 aromatic carbocycles. The van der Waals surface area contributed by atoms with Crippen molar-refractivity contribution < 1.29 is 14.2 Å². The Balaban J connectivity index is 2.14. The average molecular weight is 265 g/mol. The highest BCUT2D eigenvalue weighted by Gasteiger charge is 2.23. The first-order valence-electron chi connectivity index (χ1n) is 6.90. The zero-order valence-electron chi connectivity index (χ0n) is 11.7. The Morgan fingerprint density at radius 3 is 2.68 bits per heavy atom. The van der Waals surface area contributed by atoms with E-state index in [-0.39, 0.29) is 6.04 Å². The van der Waals surface area contributed by atoms with E-state index in [1.165, 1.54) is 0 Å². The summed E-state index contributed by atoms with van der Waals surface area (Å²) >= 11 is 0. The zero-order chi connectivity index (χ0) is 13.7. The van der Waals surface area contributed by atoms with Crippen LogP contribution in [0.5, 0.6) is 11.5 Å². The number of benzene rings is 1. The van der Waals surface area contributed by atoms with Crippen LogP contribution in [-0.2, 0) is 4.74 Å². The van der Waals surface area contributed by atoms with Gasteiger partial charge in [-0.1, -0.05) is 6.07 Å². The van der Waals surface area contributed by atoms with Crippen LogP contribution in [0, 0.1) is 5.92 Å². The Kier molecular flexibility index (Phi) is 5.05. The van der Waals surface area contributed by atoms with Gasteiger partial charge in [0.1, 0.15) is 0 Å². The molecule has 0 aliphatic carbocycles. The molecule has 106 valence electrons. The first kappa shape index (κ1) is 14.2. The molecular weight excluding hydrogens is 242 g/mol. The minimum Gasteiger partial charge on any atom is -0.493 e. The van der Waals surface area contributed by atoms with Gasteiger partial charge in [0.25, 0.3) is 0 Å². The van der Waals surface area contributed by atoms with Crippen LogP contribution in [0.1, 0.15) is 31.4 Å². The van der Waals surface area contributed by atoms with Crippen molar-refractivity contribution in [3.05, 3.63) is 23.8 Å². The molecule has 0 radical (unpaired) electrons. The molecule has 0 saturated carbocycles. The van der Waals surface area contributed by atoms with Crippen LogP contribution in [0.2, 0.25) is 0 Å². The molecule has 1 aromatic rings. The molecule has 4 heteroatoms.